The summed E-state index contributed by atoms with van der Waals surface area (Å²) in [5.41, 5.74) is -2.07. The van der Waals surface area contributed by atoms with Gasteiger partial charge in [-0.3, -0.25) is 20.2 Å². The Hall–Kier alpha value is -7.65. The van der Waals surface area contributed by atoms with E-state index in [9.17, 15) is 66.6 Å². The van der Waals surface area contributed by atoms with Crippen molar-refractivity contribution in [1.82, 2.24) is 0 Å². The van der Waals surface area contributed by atoms with Crippen LogP contribution in [-0.2, 0) is 37.6 Å². The van der Waals surface area contributed by atoms with E-state index in [1.807, 2.05) is 0 Å². The molecule has 23 heteroatoms. The molecule has 1 radical (unpaired) electrons. The fourth-order valence-electron chi connectivity index (χ4n) is 6.39. The van der Waals surface area contributed by atoms with Crippen molar-refractivity contribution >= 4 is 97.5 Å². The summed E-state index contributed by atoms with van der Waals surface area (Å²) >= 11 is 0. The number of non-ortho nitro benzene ring substituents is 2. The normalized spacial score (nSPS) is 11.8. The Labute approximate surface area is 364 Å². The van der Waals surface area contributed by atoms with Crippen LogP contribution in [0.2, 0.25) is 0 Å². The number of fused-ring (bicyclic) bond motifs is 4. The molecule has 8 rings (SSSR count). The first-order valence-corrected chi connectivity index (χ1v) is 20.1. The average Bonchev–Trinajstić information content (AvgIpc) is 3.22. The number of azo groups is 2. The molecule has 0 aromatic heterocycles. The second-order valence-corrected chi connectivity index (χ2v) is 15.7. The molecule has 0 bridgehead atoms. The molecule has 0 aliphatic heterocycles. The number of nitrogens with zero attached hydrogens (tertiary/aromatic N) is 6. The predicted octanol–water partition coefficient (Wildman–Crippen LogP) is 6.73. The number of benzene rings is 8. The topological polar surface area (TPSA) is 342 Å². The van der Waals surface area contributed by atoms with Gasteiger partial charge in [0.05, 0.1) is 53.2 Å². The number of rotatable bonds is 8. The summed E-state index contributed by atoms with van der Waals surface area (Å²) in [5, 5.41) is 89.6. The van der Waals surface area contributed by atoms with Gasteiger partial charge >= 0.3 is 17.4 Å². The quantitative estimate of drug-likeness (QED) is 0.0660. The molecule has 8 aromatic rings. The van der Waals surface area contributed by atoms with Crippen molar-refractivity contribution in [1.29, 1.82) is 0 Å². The van der Waals surface area contributed by atoms with Gasteiger partial charge in [0.1, 0.15) is 20.2 Å². The van der Waals surface area contributed by atoms with Gasteiger partial charge in [-0.05, 0) is 35.0 Å². The van der Waals surface area contributed by atoms with Gasteiger partial charge in [0.2, 0.25) is 0 Å². The van der Waals surface area contributed by atoms with Crippen LogP contribution in [0.4, 0.5) is 34.1 Å². The second kappa shape index (κ2) is 17.4. The first kappa shape index (κ1) is 44.9. The van der Waals surface area contributed by atoms with Crippen LogP contribution in [-0.4, -0.2) is 35.8 Å². The van der Waals surface area contributed by atoms with Crippen molar-refractivity contribution in [3.63, 3.8) is 0 Å². The van der Waals surface area contributed by atoms with Gasteiger partial charge in [-0.2, -0.15) is 20.5 Å². The first-order valence-electron chi connectivity index (χ1n) is 17.3. The SMILES string of the molecule is O=[N+]([O-])c1cc([O-])c(N=Nc2c([O-])ccc3ccccc23)c2ccc(S(=O)(=O)[O-])cc12.O=[N+]([O-])c1cc([O-])c(N=Nc2c([O-])ccc3ccccc23)c2ccc(S(=O)(=O)[O-])cc12.[Cr+3]. The molecule has 0 saturated carbocycles. The average molecular weight is 925 g/mol. The zero-order valence-electron chi connectivity index (χ0n) is 31.2. The molecule has 0 aliphatic rings. The van der Waals surface area contributed by atoms with E-state index < -0.39 is 74.2 Å². The van der Waals surface area contributed by atoms with E-state index in [0.29, 0.717) is 22.9 Å². The molecule has 0 aliphatic carbocycles. The van der Waals surface area contributed by atoms with Crippen molar-refractivity contribution < 1.29 is 73.6 Å². The molecule has 0 atom stereocenters. The standard InChI is InChI=1S/2C20H13N3O7S.Cr/c2*24-17-8-5-11-3-1-2-4-13(11)19(17)21-22-20-14-7-6-12(31(28,29)30)9-15(14)16(23(26)27)10-18(20)25;/h2*1-10,24-25H,(H,28,29,30);/q;;+3/p-6. The minimum atomic E-state index is -4.89. The minimum absolute atomic E-state index is 0. The van der Waals surface area contributed by atoms with E-state index in [1.54, 1.807) is 60.7 Å². The molecule has 20 nitrogen and oxygen atoms in total. The van der Waals surface area contributed by atoms with Crippen LogP contribution in [0.25, 0.3) is 43.1 Å². The van der Waals surface area contributed by atoms with E-state index in [0.717, 1.165) is 47.2 Å². The number of nitro groups is 2. The summed E-state index contributed by atoms with van der Waals surface area (Å²) in [6, 6.07) is 26.5. The fourth-order valence-corrected chi connectivity index (χ4v) is 7.38. The van der Waals surface area contributed by atoms with Crippen LogP contribution in [0.15, 0.2) is 152 Å². The third kappa shape index (κ3) is 9.04. The van der Waals surface area contributed by atoms with Crippen molar-refractivity contribution in [3.8, 4) is 23.0 Å². The van der Waals surface area contributed by atoms with E-state index in [2.05, 4.69) is 20.5 Å². The van der Waals surface area contributed by atoms with E-state index in [-0.39, 0.29) is 61.7 Å². The smallest absolute Gasteiger partial charge is 0.871 e. The first-order chi connectivity index (χ1) is 29.3. The summed E-state index contributed by atoms with van der Waals surface area (Å²) in [6.45, 7) is 0. The van der Waals surface area contributed by atoms with Gasteiger partial charge in [-0.15, -0.1) is 0 Å². The fraction of sp³-hybridized carbons (Fsp3) is 0. The van der Waals surface area contributed by atoms with Crippen molar-refractivity contribution in [3.05, 3.63) is 142 Å². The zero-order chi connectivity index (χ0) is 44.7. The molecule has 315 valence electrons. The van der Waals surface area contributed by atoms with Crippen LogP contribution in [0.3, 0.4) is 0 Å². The van der Waals surface area contributed by atoms with E-state index in [4.69, 9.17) is 0 Å². The Morgan fingerprint density at radius 1 is 0.397 bits per heavy atom. The second-order valence-electron chi connectivity index (χ2n) is 13.0. The zero-order valence-corrected chi connectivity index (χ0v) is 34.1. The summed E-state index contributed by atoms with van der Waals surface area (Å²) in [6.07, 6.45) is 0. The number of hydrogen-bond donors (Lipinski definition) is 0. The Morgan fingerprint density at radius 2 is 0.730 bits per heavy atom. The molecule has 0 saturated heterocycles. The molecular formula is C40H20CrN6O14S2-3. The number of nitro benzene ring substituents is 2. The molecule has 0 heterocycles. The maximum Gasteiger partial charge on any atom is 3.00 e. The van der Waals surface area contributed by atoms with Crippen LogP contribution >= 0.6 is 0 Å². The molecule has 0 amide bonds. The monoisotopic (exact) mass is 924 g/mol. The van der Waals surface area contributed by atoms with Gasteiger partial charge in [-0.25, -0.2) is 16.8 Å². The summed E-state index contributed by atoms with van der Waals surface area (Å²) in [7, 11) is -9.78. The third-order valence-corrected chi connectivity index (χ3v) is 10.9. The van der Waals surface area contributed by atoms with Crippen LogP contribution < -0.4 is 20.4 Å². The Bertz CT molecular complexity index is 3270. The summed E-state index contributed by atoms with van der Waals surface area (Å²) in [5.74, 6) is -2.59. The maximum atomic E-state index is 12.5. The molecule has 0 fully saturated rings. The molecule has 0 spiro atoms. The van der Waals surface area contributed by atoms with Gasteiger partial charge in [0.15, 0.2) is 0 Å². The van der Waals surface area contributed by atoms with Gasteiger partial charge in [0.25, 0.3) is 11.4 Å². The minimum Gasteiger partial charge on any atom is -0.871 e. The third-order valence-electron chi connectivity index (χ3n) is 9.24. The summed E-state index contributed by atoms with van der Waals surface area (Å²) in [4.78, 5) is 19.6. The van der Waals surface area contributed by atoms with Crippen molar-refractivity contribution in [2.75, 3.05) is 0 Å². The molecule has 0 N–H and O–H groups in total. The maximum absolute atomic E-state index is 12.5. The molecule has 0 unspecified atom stereocenters. The van der Waals surface area contributed by atoms with Gasteiger partial charge in [0, 0.05) is 33.7 Å². The van der Waals surface area contributed by atoms with Crippen LogP contribution in [0.1, 0.15) is 0 Å². The van der Waals surface area contributed by atoms with Crippen LogP contribution in [0.5, 0.6) is 23.0 Å². The molecule has 8 aromatic carbocycles. The van der Waals surface area contributed by atoms with Crippen LogP contribution in [0, 0.1) is 20.2 Å². The predicted molar refractivity (Wildman–Crippen MR) is 211 cm³/mol. The summed E-state index contributed by atoms with van der Waals surface area (Å²) < 4.78 is 67.9. The van der Waals surface area contributed by atoms with E-state index >= 15 is 0 Å². The Kier molecular flexibility index (Phi) is 12.4. The van der Waals surface area contributed by atoms with E-state index in [1.165, 1.54) is 12.1 Å². The van der Waals surface area contributed by atoms with Crippen molar-refractivity contribution in [2.45, 2.75) is 9.79 Å². The van der Waals surface area contributed by atoms with Crippen molar-refractivity contribution in [2.24, 2.45) is 20.5 Å². The Balaban J connectivity index is 0.000000206. The molecule has 63 heavy (non-hydrogen) atoms. The largest absolute Gasteiger partial charge is 3.00 e. The number of hydrogen-bond acceptors (Lipinski definition) is 18. The Morgan fingerprint density at radius 3 is 1.06 bits per heavy atom. The molecular weight excluding hydrogens is 905 g/mol. The van der Waals surface area contributed by atoms with Gasteiger partial charge < -0.3 is 29.5 Å². The van der Waals surface area contributed by atoms with Gasteiger partial charge in [-0.1, -0.05) is 108 Å².